The van der Waals surface area contributed by atoms with Crippen molar-refractivity contribution < 1.29 is 10.0 Å². The molecule has 1 saturated carbocycles. The van der Waals surface area contributed by atoms with Crippen LogP contribution < -0.4 is 0 Å². The average molecular weight is 255 g/mol. The molecule has 1 N–H and O–H groups in total. The van der Waals surface area contributed by atoms with Crippen LogP contribution in [0.4, 0.5) is 0 Å². The lowest BCUT2D eigenvalue weighted by Crippen LogP contribution is -2.45. The molecule has 5 nitrogen and oxygen atoms in total. The van der Waals surface area contributed by atoms with Gasteiger partial charge in [-0.3, -0.25) is 14.9 Å². The Morgan fingerprint density at radius 1 is 1.17 bits per heavy atom. The molecule has 1 heterocycles. The van der Waals surface area contributed by atoms with Gasteiger partial charge in [0.05, 0.1) is 6.54 Å². The van der Waals surface area contributed by atoms with Gasteiger partial charge in [0.15, 0.2) is 5.78 Å². The molecule has 2 aliphatic rings. The molecule has 2 atom stereocenters. The highest BCUT2D eigenvalue weighted by atomic mass is 16.8. The van der Waals surface area contributed by atoms with Crippen LogP contribution >= 0.6 is 0 Å². The summed E-state index contributed by atoms with van der Waals surface area (Å²) in [6.45, 7) is 2.43. The minimum Gasteiger partial charge on any atom is -0.762 e. The standard InChI is InChI=1S/C13H23N2O3/c16-13(10-14-8-4-1-5-9-14)11-6-2-3-7-12(11)15(17)18/h11-12,17H,1-10H2/q-1. The van der Waals surface area contributed by atoms with E-state index in [4.69, 9.17) is 5.21 Å². The number of carbonyl (C=O) groups is 1. The van der Waals surface area contributed by atoms with Gasteiger partial charge in [0.1, 0.15) is 0 Å². The Hall–Kier alpha value is -0.490. The molecule has 2 fully saturated rings. The SMILES string of the molecule is O=C(CN1CCCCC1)C1CCCCC1N([O-])O. The Labute approximate surface area is 108 Å². The predicted molar refractivity (Wildman–Crippen MR) is 68.0 cm³/mol. The smallest absolute Gasteiger partial charge is 0.151 e. The van der Waals surface area contributed by atoms with Crippen LogP contribution in [0.25, 0.3) is 0 Å². The molecular weight excluding hydrogens is 232 g/mol. The van der Waals surface area contributed by atoms with E-state index in [-0.39, 0.29) is 16.9 Å². The summed E-state index contributed by atoms with van der Waals surface area (Å²) in [7, 11) is 0. The zero-order valence-electron chi connectivity index (χ0n) is 10.9. The minimum atomic E-state index is -0.518. The molecular formula is C13H23N2O3-. The van der Waals surface area contributed by atoms with Crippen molar-refractivity contribution in [3.05, 3.63) is 5.21 Å². The van der Waals surface area contributed by atoms with Crippen LogP contribution in [0.15, 0.2) is 0 Å². The van der Waals surface area contributed by atoms with Crippen molar-refractivity contribution in [2.75, 3.05) is 19.6 Å². The molecule has 2 rings (SSSR count). The molecule has 5 heteroatoms. The van der Waals surface area contributed by atoms with E-state index in [9.17, 15) is 10.0 Å². The van der Waals surface area contributed by atoms with Crippen LogP contribution in [-0.4, -0.2) is 46.8 Å². The number of ketones is 1. The third-order valence-electron chi connectivity index (χ3n) is 4.25. The highest BCUT2D eigenvalue weighted by Gasteiger charge is 2.32. The van der Waals surface area contributed by atoms with Gasteiger partial charge < -0.3 is 10.4 Å². The Morgan fingerprint density at radius 2 is 1.83 bits per heavy atom. The Morgan fingerprint density at radius 3 is 2.50 bits per heavy atom. The van der Waals surface area contributed by atoms with Gasteiger partial charge in [0, 0.05) is 12.0 Å². The number of rotatable bonds is 4. The van der Waals surface area contributed by atoms with E-state index in [0.717, 1.165) is 45.2 Å². The molecule has 0 aromatic heterocycles. The molecule has 0 radical (unpaired) electrons. The second-order valence-electron chi connectivity index (χ2n) is 5.56. The molecule has 1 saturated heterocycles. The van der Waals surface area contributed by atoms with Crippen molar-refractivity contribution in [3.63, 3.8) is 0 Å². The van der Waals surface area contributed by atoms with Crippen molar-refractivity contribution in [3.8, 4) is 0 Å². The fourth-order valence-corrected chi connectivity index (χ4v) is 3.21. The summed E-state index contributed by atoms with van der Waals surface area (Å²) in [5.41, 5.74) is 0. The van der Waals surface area contributed by atoms with Gasteiger partial charge in [-0.2, -0.15) is 0 Å². The third kappa shape index (κ3) is 3.51. The van der Waals surface area contributed by atoms with E-state index in [1.165, 1.54) is 6.42 Å². The van der Waals surface area contributed by atoms with Crippen LogP contribution in [-0.2, 0) is 4.79 Å². The Balaban J connectivity index is 1.89. The quantitative estimate of drug-likeness (QED) is 0.776. The van der Waals surface area contributed by atoms with E-state index in [1.807, 2.05) is 0 Å². The van der Waals surface area contributed by atoms with E-state index in [1.54, 1.807) is 0 Å². The summed E-state index contributed by atoms with van der Waals surface area (Å²) in [5, 5.41) is 20.2. The number of hydroxylamine groups is 2. The lowest BCUT2D eigenvalue weighted by Gasteiger charge is -2.39. The summed E-state index contributed by atoms with van der Waals surface area (Å²) < 4.78 is 0. The van der Waals surface area contributed by atoms with Crippen molar-refractivity contribution in [1.29, 1.82) is 0 Å². The van der Waals surface area contributed by atoms with Gasteiger partial charge in [0.25, 0.3) is 0 Å². The lowest BCUT2D eigenvalue weighted by atomic mass is 9.81. The minimum absolute atomic E-state index is 0.0118. The van der Waals surface area contributed by atoms with Gasteiger partial charge in [-0.25, -0.2) is 0 Å². The van der Waals surface area contributed by atoms with Gasteiger partial charge in [-0.1, -0.05) is 19.3 Å². The summed E-state index contributed by atoms with van der Waals surface area (Å²) in [4.78, 5) is 14.4. The number of hydrogen-bond donors (Lipinski definition) is 1. The van der Waals surface area contributed by atoms with Gasteiger partial charge in [-0.05, 0) is 38.8 Å². The van der Waals surface area contributed by atoms with Crippen LogP contribution in [0, 0.1) is 11.1 Å². The summed E-state index contributed by atoms with van der Waals surface area (Å²) >= 11 is 0. The highest BCUT2D eigenvalue weighted by Crippen LogP contribution is 2.28. The summed E-state index contributed by atoms with van der Waals surface area (Å²) in [6, 6.07) is -0.518. The van der Waals surface area contributed by atoms with E-state index >= 15 is 0 Å². The molecule has 1 aliphatic heterocycles. The van der Waals surface area contributed by atoms with E-state index in [2.05, 4.69) is 4.90 Å². The molecule has 104 valence electrons. The van der Waals surface area contributed by atoms with Crippen LogP contribution in [0.5, 0.6) is 0 Å². The second kappa shape index (κ2) is 6.61. The molecule has 0 aromatic carbocycles. The second-order valence-corrected chi connectivity index (χ2v) is 5.56. The normalized spacial score (nSPS) is 30.6. The van der Waals surface area contributed by atoms with Crippen molar-refractivity contribution in [1.82, 2.24) is 10.1 Å². The van der Waals surface area contributed by atoms with Gasteiger partial charge >= 0.3 is 0 Å². The monoisotopic (exact) mass is 255 g/mol. The summed E-state index contributed by atoms with van der Waals surface area (Å²) in [5.74, 6) is -0.139. The Bertz CT molecular complexity index is 277. The largest absolute Gasteiger partial charge is 0.762 e. The zero-order chi connectivity index (χ0) is 13.0. The van der Waals surface area contributed by atoms with Crippen molar-refractivity contribution >= 4 is 5.78 Å². The molecule has 0 aromatic rings. The number of carbonyl (C=O) groups excluding carboxylic acids is 1. The number of nitrogens with zero attached hydrogens (tertiary/aromatic N) is 2. The number of hydrogen-bond acceptors (Lipinski definition) is 5. The topological polar surface area (TPSA) is 66.8 Å². The van der Waals surface area contributed by atoms with Crippen LogP contribution in [0.1, 0.15) is 44.9 Å². The van der Waals surface area contributed by atoms with Crippen molar-refractivity contribution in [2.24, 2.45) is 5.92 Å². The third-order valence-corrected chi connectivity index (χ3v) is 4.25. The molecule has 18 heavy (non-hydrogen) atoms. The van der Waals surface area contributed by atoms with E-state index in [0.29, 0.717) is 13.0 Å². The van der Waals surface area contributed by atoms with E-state index < -0.39 is 6.04 Å². The molecule has 2 unspecified atom stereocenters. The first-order valence-electron chi connectivity index (χ1n) is 7.09. The van der Waals surface area contributed by atoms with Gasteiger partial charge in [0.2, 0.25) is 0 Å². The lowest BCUT2D eigenvalue weighted by molar-refractivity contribution is -0.140. The predicted octanol–water partition coefficient (Wildman–Crippen LogP) is 1.79. The fourth-order valence-electron chi connectivity index (χ4n) is 3.21. The number of Topliss-reactive ketones (excluding diaryl/α,β-unsaturated/α-hetero) is 1. The highest BCUT2D eigenvalue weighted by molar-refractivity contribution is 5.83. The maximum Gasteiger partial charge on any atom is 0.151 e. The van der Waals surface area contributed by atoms with Crippen LogP contribution in [0.3, 0.4) is 0 Å². The summed E-state index contributed by atoms with van der Waals surface area (Å²) in [6.07, 6.45) is 6.87. The maximum absolute atomic E-state index is 12.3. The molecule has 1 aliphatic carbocycles. The Kier molecular flexibility index (Phi) is 5.12. The maximum atomic E-state index is 12.3. The number of piperidine rings is 1. The zero-order valence-corrected chi connectivity index (χ0v) is 10.9. The van der Waals surface area contributed by atoms with Crippen LogP contribution in [0.2, 0.25) is 0 Å². The first-order chi connectivity index (χ1) is 8.68. The average Bonchev–Trinajstić information content (AvgIpc) is 2.40. The van der Waals surface area contributed by atoms with Gasteiger partial charge in [-0.15, -0.1) is 0 Å². The van der Waals surface area contributed by atoms with Crippen molar-refractivity contribution in [2.45, 2.75) is 51.0 Å². The fraction of sp³-hybridized carbons (Fsp3) is 0.923. The first kappa shape index (κ1) is 13.9. The molecule has 0 bridgehead atoms. The molecule has 0 spiro atoms. The molecule has 0 amide bonds. The first-order valence-corrected chi connectivity index (χ1v) is 7.09. The number of likely N-dealkylation sites (tertiary alicyclic amines) is 1.